The van der Waals surface area contributed by atoms with Gasteiger partial charge in [-0.1, -0.05) is 18.2 Å². The minimum Gasteiger partial charge on any atom is -0.497 e. The first-order valence-electron chi connectivity index (χ1n) is 9.04. The van der Waals surface area contributed by atoms with Crippen molar-refractivity contribution in [2.75, 3.05) is 35.7 Å². The molecule has 0 amide bonds. The lowest BCUT2D eigenvalue weighted by atomic mass is 10.3. The van der Waals surface area contributed by atoms with E-state index in [-0.39, 0.29) is 12.4 Å². The van der Waals surface area contributed by atoms with Crippen molar-refractivity contribution in [3.8, 4) is 5.75 Å². The second kappa shape index (κ2) is 9.23. The van der Waals surface area contributed by atoms with Crippen LogP contribution in [0.5, 0.6) is 5.75 Å². The van der Waals surface area contributed by atoms with E-state index in [1.54, 1.807) is 7.11 Å². The lowest BCUT2D eigenvalue weighted by Crippen LogP contribution is -2.21. The molecule has 0 radical (unpaired) electrons. The summed E-state index contributed by atoms with van der Waals surface area (Å²) in [6, 6.07) is 17.5. The van der Waals surface area contributed by atoms with E-state index in [9.17, 15) is 0 Å². The Hall–Kier alpha value is -3.06. The maximum atomic E-state index is 5.21. The van der Waals surface area contributed by atoms with Gasteiger partial charge in [0.05, 0.1) is 7.11 Å². The monoisotopic (exact) mass is 398 g/mol. The van der Waals surface area contributed by atoms with Gasteiger partial charge in [0.1, 0.15) is 5.75 Å². The fraction of sp³-hybridized carbons (Fsp3) is 0.250. The van der Waals surface area contributed by atoms with Crippen LogP contribution in [-0.2, 0) is 0 Å². The normalized spacial score (nSPS) is 13.0. The predicted octanol–water partition coefficient (Wildman–Crippen LogP) is 4.39. The average molecular weight is 399 g/mol. The summed E-state index contributed by atoms with van der Waals surface area (Å²) in [5, 5.41) is 6.52. The summed E-state index contributed by atoms with van der Waals surface area (Å²) in [6.45, 7) is 1.94. The summed E-state index contributed by atoms with van der Waals surface area (Å²) in [7, 11) is 1.65. The molecule has 0 atom stereocenters. The molecule has 0 unspecified atom stereocenters. The molecule has 8 heteroatoms. The van der Waals surface area contributed by atoms with E-state index in [1.165, 1.54) is 0 Å². The first-order valence-corrected chi connectivity index (χ1v) is 9.04. The number of aromatic nitrogens is 3. The van der Waals surface area contributed by atoms with Crippen LogP contribution in [0.4, 0.5) is 29.2 Å². The van der Waals surface area contributed by atoms with Gasteiger partial charge in [-0.05, 0) is 49.2 Å². The fourth-order valence-corrected chi connectivity index (χ4v) is 2.99. The number of methoxy groups -OCH3 is 1. The van der Waals surface area contributed by atoms with Gasteiger partial charge in [0.15, 0.2) is 0 Å². The van der Waals surface area contributed by atoms with Crippen LogP contribution in [-0.4, -0.2) is 35.2 Å². The van der Waals surface area contributed by atoms with Crippen molar-refractivity contribution < 1.29 is 4.74 Å². The van der Waals surface area contributed by atoms with Crippen molar-refractivity contribution in [2.45, 2.75) is 12.8 Å². The highest BCUT2D eigenvalue weighted by Crippen LogP contribution is 2.23. The lowest BCUT2D eigenvalue weighted by Gasteiger charge is -2.17. The summed E-state index contributed by atoms with van der Waals surface area (Å²) >= 11 is 0. The summed E-state index contributed by atoms with van der Waals surface area (Å²) < 4.78 is 5.21. The van der Waals surface area contributed by atoms with E-state index in [0.29, 0.717) is 17.8 Å². The Morgan fingerprint density at radius 2 is 1.36 bits per heavy atom. The zero-order valence-corrected chi connectivity index (χ0v) is 16.4. The number of para-hydroxylation sites is 1. The highest BCUT2D eigenvalue weighted by molar-refractivity contribution is 5.85. The van der Waals surface area contributed by atoms with Gasteiger partial charge >= 0.3 is 0 Å². The molecule has 7 nitrogen and oxygen atoms in total. The molecule has 4 rings (SSSR count). The minimum absolute atomic E-state index is 0. The van der Waals surface area contributed by atoms with Crippen LogP contribution >= 0.6 is 12.4 Å². The van der Waals surface area contributed by atoms with E-state index >= 15 is 0 Å². The zero-order chi connectivity index (χ0) is 18.5. The number of hydrogen-bond acceptors (Lipinski definition) is 7. The number of hydrogen-bond donors (Lipinski definition) is 2. The summed E-state index contributed by atoms with van der Waals surface area (Å²) in [4.78, 5) is 16.0. The molecule has 1 fully saturated rings. The number of nitrogens with one attached hydrogen (secondary N) is 2. The third-order valence-electron chi connectivity index (χ3n) is 4.39. The predicted molar refractivity (Wildman–Crippen MR) is 115 cm³/mol. The van der Waals surface area contributed by atoms with E-state index < -0.39 is 0 Å². The van der Waals surface area contributed by atoms with Gasteiger partial charge in [-0.3, -0.25) is 0 Å². The molecule has 1 aliphatic heterocycles. The van der Waals surface area contributed by atoms with Crippen molar-refractivity contribution >= 4 is 41.6 Å². The van der Waals surface area contributed by atoms with Crippen LogP contribution in [0.15, 0.2) is 54.6 Å². The van der Waals surface area contributed by atoms with Gasteiger partial charge in [0.25, 0.3) is 0 Å². The van der Waals surface area contributed by atoms with Crippen LogP contribution in [0, 0.1) is 0 Å². The Morgan fingerprint density at radius 1 is 0.786 bits per heavy atom. The highest BCUT2D eigenvalue weighted by Gasteiger charge is 2.17. The Bertz CT molecular complexity index is 885. The third-order valence-corrected chi connectivity index (χ3v) is 4.39. The van der Waals surface area contributed by atoms with Crippen molar-refractivity contribution in [3.63, 3.8) is 0 Å². The SMILES string of the molecule is COc1ccc(Nc2nc(Nc3ccccc3)nc(N3CCCC3)n2)cc1.Cl. The van der Waals surface area contributed by atoms with Crippen molar-refractivity contribution in [3.05, 3.63) is 54.6 Å². The molecule has 2 heterocycles. The number of halogens is 1. The summed E-state index contributed by atoms with van der Waals surface area (Å²) in [6.07, 6.45) is 2.32. The first-order chi connectivity index (χ1) is 13.3. The van der Waals surface area contributed by atoms with Crippen LogP contribution in [0.1, 0.15) is 12.8 Å². The maximum absolute atomic E-state index is 5.21. The van der Waals surface area contributed by atoms with Gasteiger partial charge in [-0.15, -0.1) is 12.4 Å². The molecule has 146 valence electrons. The molecule has 2 aromatic carbocycles. The second-order valence-corrected chi connectivity index (χ2v) is 6.32. The smallest absolute Gasteiger partial charge is 0.233 e. The van der Waals surface area contributed by atoms with Crippen LogP contribution < -0.4 is 20.3 Å². The Labute approximate surface area is 170 Å². The van der Waals surface area contributed by atoms with Gasteiger partial charge in [0.2, 0.25) is 17.8 Å². The van der Waals surface area contributed by atoms with Gasteiger partial charge in [-0.2, -0.15) is 15.0 Å². The van der Waals surface area contributed by atoms with Crippen molar-refractivity contribution in [1.82, 2.24) is 15.0 Å². The average Bonchev–Trinajstić information content (AvgIpc) is 3.24. The molecule has 3 aromatic rings. The van der Waals surface area contributed by atoms with Gasteiger partial charge in [0, 0.05) is 24.5 Å². The number of nitrogens with zero attached hydrogens (tertiary/aromatic N) is 4. The first kappa shape index (κ1) is 19.7. The molecule has 1 aliphatic rings. The van der Waals surface area contributed by atoms with Gasteiger partial charge in [-0.25, -0.2) is 0 Å². The zero-order valence-electron chi connectivity index (χ0n) is 15.6. The molecule has 2 N–H and O–H groups in total. The van der Waals surface area contributed by atoms with Crippen LogP contribution in [0.2, 0.25) is 0 Å². The quantitative estimate of drug-likeness (QED) is 0.637. The summed E-state index contributed by atoms with van der Waals surface area (Å²) in [5.74, 6) is 2.53. The van der Waals surface area contributed by atoms with Crippen LogP contribution in [0.3, 0.4) is 0 Å². The Morgan fingerprint density at radius 3 is 1.93 bits per heavy atom. The van der Waals surface area contributed by atoms with Crippen molar-refractivity contribution in [2.24, 2.45) is 0 Å². The summed E-state index contributed by atoms with van der Waals surface area (Å²) in [5.41, 5.74) is 1.83. The minimum atomic E-state index is 0. The van der Waals surface area contributed by atoms with E-state index in [0.717, 1.165) is 43.1 Å². The molecule has 0 spiro atoms. The molecule has 1 saturated heterocycles. The Kier molecular flexibility index (Phi) is 6.49. The third kappa shape index (κ3) is 4.80. The molecular weight excluding hydrogens is 376 g/mol. The second-order valence-electron chi connectivity index (χ2n) is 6.32. The molecule has 28 heavy (non-hydrogen) atoms. The number of anilines is 5. The molecule has 0 aliphatic carbocycles. The van der Waals surface area contributed by atoms with Crippen LogP contribution in [0.25, 0.3) is 0 Å². The molecular formula is C20H23ClN6O. The fourth-order valence-electron chi connectivity index (χ4n) is 2.99. The van der Waals surface area contributed by atoms with E-state index in [4.69, 9.17) is 4.74 Å². The number of rotatable bonds is 6. The lowest BCUT2D eigenvalue weighted by molar-refractivity contribution is 0.415. The highest BCUT2D eigenvalue weighted by atomic mass is 35.5. The number of ether oxygens (including phenoxy) is 1. The van der Waals surface area contributed by atoms with E-state index in [2.05, 4.69) is 30.5 Å². The number of benzene rings is 2. The standard InChI is InChI=1S/C20H22N6O.ClH/c1-27-17-11-9-16(10-12-17)22-19-23-18(21-15-7-3-2-4-8-15)24-20(25-19)26-13-5-6-14-26;/h2-4,7-12H,5-6,13-14H2,1H3,(H2,21,22,23,24,25);1H. The topological polar surface area (TPSA) is 75.2 Å². The Balaban J connectivity index is 0.00000225. The molecule has 0 saturated carbocycles. The molecule has 1 aromatic heterocycles. The largest absolute Gasteiger partial charge is 0.497 e. The van der Waals surface area contributed by atoms with Crippen molar-refractivity contribution in [1.29, 1.82) is 0 Å². The van der Waals surface area contributed by atoms with Gasteiger partial charge < -0.3 is 20.3 Å². The van der Waals surface area contributed by atoms with E-state index in [1.807, 2.05) is 54.6 Å². The molecule has 0 bridgehead atoms. The maximum Gasteiger partial charge on any atom is 0.233 e.